The van der Waals surface area contributed by atoms with Crippen LogP contribution in [0.4, 0.5) is 0 Å². The molecule has 0 aromatic rings. The van der Waals surface area contributed by atoms with Gasteiger partial charge in [0.1, 0.15) is 0 Å². The third-order valence-electron chi connectivity index (χ3n) is 4.63. The van der Waals surface area contributed by atoms with Gasteiger partial charge in [-0.2, -0.15) is 5.26 Å². The fraction of sp³-hybridized carbons (Fsp3) is 0.800. The number of nitriles is 1. The summed E-state index contributed by atoms with van der Waals surface area (Å²) in [6.07, 6.45) is 6.02. The number of nitrogens with zero attached hydrogens (tertiary/aromatic N) is 2. The summed E-state index contributed by atoms with van der Waals surface area (Å²) in [7, 11) is -3.37. The summed E-state index contributed by atoms with van der Waals surface area (Å²) in [5.41, 5.74) is 0. The maximum Gasteiger partial charge on any atom is 0.245 e. The van der Waals surface area contributed by atoms with Crippen LogP contribution in [0.1, 0.15) is 38.5 Å². The van der Waals surface area contributed by atoms with Crippen molar-refractivity contribution in [2.24, 2.45) is 11.8 Å². The molecule has 1 aliphatic heterocycles. The van der Waals surface area contributed by atoms with Gasteiger partial charge in [0.15, 0.2) is 11.7 Å². The van der Waals surface area contributed by atoms with E-state index in [9.17, 15) is 23.3 Å². The fourth-order valence-electron chi connectivity index (χ4n) is 3.32. The van der Waals surface area contributed by atoms with Gasteiger partial charge in [-0.25, -0.2) is 12.7 Å². The monoisotopic (exact) mass is 341 g/mol. The van der Waals surface area contributed by atoms with Gasteiger partial charge in [-0.05, 0) is 25.7 Å². The number of carbonyl (C=O) groups excluding carboxylic acids is 2. The van der Waals surface area contributed by atoms with Crippen molar-refractivity contribution in [3.05, 3.63) is 0 Å². The lowest BCUT2D eigenvalue weighted by Crippen LogP contribution is -2.46. The number of hydrogen-bond acceptors (Lipinski definition) is 5. The number of piperidine rings is 1. The molecule has 8 heteroatoms. The van der Waals surface area contributed by atoms with Crippen LogP contribution in [0.15, 0.2) is 0 Å². The zero-order valence-corrected chi connectivity index (χ0v) is 14.1. The molecule has 7 nitrogen and oxygen atoms in total. The van der Waals surface area contributed by atoms with Crippen molar-refractivity contribution < 1.29 is 18.0 Å². The van der Waals surface area contributed by atoms with E-state index in [1.54, 1.807) is 6.07 Å². The predicted molar refractivity (Wildman–Crippen MR) is 83.6 cm³/mol. The molecule has 2 aliphatic rings. The average Bonchev–Trinajstić information content (AvgIpc) is 3.00. The maximum absolute atomic E-state index is 12.5. The van der Waals surface area contributed by atoms with E-state index in [2.05, 4.69) is 5.32 Å². The van der Waals surface area contributed by atoms with Crippen molar-refractivity contribution in [3.8, 4) is 6.07 Å². The largest absolute Gasteiger partial charge is 0.352 e. The number of sulfonamides is 1. The van der Waals surface area contributed by atoms with E-state index in [1.807, 2.05) is 0 Å². The van der Waals surface area contributed by atoms with Crippen LogP contribution in [0.2, 0.25) is 0 Å². The SMILES string of the molecule is CS(=O)(=O)N1CCCC(C(=O)C(C#N)C(=O)NC2CCCC2)C1. The van der Waals surface area contributed by atoms with E-state index >= 15 is 0 Å². The van der Waals surface area contributed by atoms with Gasteiger partial charge in [0.25, 0.3) is 0 Å². The summed E-state index contributed by atoms with van der Waals surface area (Å²) in [6, 6.07) is 1.84. The first-order valence-electron chi connectivity index (χ1n) is 8.01. The highest BCUT2D eigenvalue weighted by molar-refractivity contribution is 7.88. The highest BCUT2D eigenvalue weighted by Crippen LogP contribution is 2.23. The molecule has 1 N–H and O–H groups in total. The first-order valence-corrected chi connectivity index (χ1v) is 9.86. The maximum atomic E-state index is 12.5. The molecule has 23 heavy (non-hydrogen) atoms. The first-order chi connectivity index (χ1) is 10.8. The molecular formula is C15H23N3O4S. The lowest BCUT2D eigenvalue weighted by Gasteiger charge is -2.30. The van der Waals surface area contributed by atoms with Gasteiger partial charge in [-0.15, -0.1) is 0 Å². The van der Waals surface area contributed by atoms with Crippen molar-refractivity contribution in [1.82, 2.24) is 9.62 Å². The van der Waals surface area contributed by atoms with Gasteiger partial charge < -0.3 is 5.32 Å². The number of hydrogen-bond donors (Lipinski definition) is 1. The number of nitrogens with one attached hydrogen (secondary N) is 1. The quantitative estimate of drug-likeness (QED) is 0.730. The molecule has 0 bridgehead atoms. The van der Waals surface area contributed by atoms with Crippen LogP contribution in [0.3, 0.4) is 0 Å². The van der Waals surface area contributed by atoms with E-state index in [0.717, 1.165) is 31.9 Å². The summed E-state index contributed by atoms with van der Waals surface area (Å²) >= 11 is 0. The summed E-state index contributed by atoms with van der Waals surface area (Å²) in [5.74, 6) is -2.94. The zero-order valence-electron chi connectivity index (χ0n) is 13.3. The molecule has 1 amide bonds. The molecule has 128 valence electrons. The Kier molecular flexibility index (Phi) is 5.76. The fourth-order valence-corrected chi connectivity index (χ4v) is 4.23. The van der Waals surface area contributed by atoms with Gasteiger partial charge in [0.2, 0.25) is 15.9 Å². The van der Waals surface area contributed by atoms with Gasteiger partial charge in [0.05, 0.1) is 12.3 Å². The van der Waals surface area contributed by atoms with Crippen LogP contribution in [0.25, 0.3) is 0 Å². The minimum absolute atomic E-state index is 0.0463. The summed E-state index contributed by atoms with van der Waals surface area (Å²) in [6.45, 7) is 0.445. The van der Waals surface area contributed by atoms with E-state index < -0.39 is 33.5 Å². The standard InChI is InChI=1S/C15H23N3O4S/c1-23(21,22)18-8-4-5-11(10-18)14(19)13(9-16)15(20)17-12-6-2-3-7-12/h11-13H,2-8,10H2,1H3,(H,17,20). The molecule has 1 saturated heterocycles. The molecule has 1 aliphatic carbocycles. The molecule has 2 atom stereocenters. The second-order valence-electron chi connectivity index (χ2n) is 6.41. The molecule has 0 radical (unpaired) electrons. The van der Waals surface area contributed by atoms with Crippen molar-refractivity contribution in [2.45, 2.75) is 44.6 Å². The van der Waals surface area contributed by atoms with Crippen molar-refractivity contribution in [3.63, 3.8) is 0 Å². The Morgan fingerprint density at radius 3 is 2.43 bits per heavy atom. The number of Topliss-reactive ketones (excluding diaryl/α,β-unsaturated/α-hetero) is 1. The molecule has 0 aromatic carbocycles. The average molecular weight is 341 g/mol. The molecule has 0 aromatic heterocycles. The van der Waals surface area contributed by atoms with Gasteiger partial charge in [-0.3, -0.25) is 9.59 Å². The van der Waals surface area contributed by atoms with Crippen molar-refractivity contribution in [2.75, 3.05) is 19.3 Å². The second kappa shape index (κ2) is 7.41. The summed E-state index contributed by atoms with van der Waals surface area (Å²) in [4.78, 5) is 24.7. The topological polar surface area (TPSA) is 107 Å². The van der Waals surface area contributed by atoms with Gasteiger partial charge >= 0.3 is 0 Å². The van der Waals surface area contributed by atoms with E-state index in [-0.39, 0.29) is 12.6 Å². The van der Waals surface area contributed by atoms with Gasteiger partial charge in [-0.1, -0.05) is 12.8 Å². The molecule has 2 unspecified atom stereocenters. The molecule has 2 rings (SSSR count). The third-order valence-corrected chi connectivity index (χ3v) is 5.90. The Bertz CT molecular complexity index is 605. The number of carbonyl (C=O) groups is 2. The summed E-state index contributed by atoms with van der Waals surface area (Å²) in [5, 5.41) is 12.0. The molecule has 0 spiro atoms. The van der Waals surface area contributed by atoms with E-state index in [1.165, 1.54) is 4.31 Å². The Labute approximate surface area is 137 Å². The lowest BCUT2D eigenvalue weighted by atomic mass is 9.87. The molecule has 1 saturated carbocycles. The lowest BCUT2D eigenvalue weighted by molar-refractivity contribution is -0.134. The minimum Gasteiger partial charge on any atom is -0.352 e. The normalized spacial score (nSPS) is 24.8. The van der Waals surface area contributed by atoms with Crippen LogP contribution in [-0.4, -0.2) is 49.8 Å². The van der Waals surface area contributed by atoms with Crippen molar-refractivity contribution in [1.29, 1.82) is 5.26 Å². The van der Waals surface area contributed by atoms with E-state index in [0.29, 0.717) is 19.4 Å². The van der Waals surface area contributed by atoms with Crippen LogP contribution < -0.4 is 5.32 Å². The van der Waals surface area contributed by atoms with Crippen molar-refractivity contribution >= 4 is 21.7 Å². The Morgan fingerprint density at radius 2 is 1.87 bits per heavy atom. The molecule has 2 fully saturated rings. The second-order valence-corrected chi connectivity index (χ2v) is 8.40. The Hall–Kier alpha value is -1.46. The van der Waals surface area contributed by atoms with Crippen LogP contribution in [0.5, 0.6) is 0 Å². The third kappa shape index (κ3) is 4.52. The smallest absolute Gasteiger partial charge is 0.245 e. The van der Waals surface area contributed by atoms with Gasteiger partial charge in [0, 0.05) is 25.0 Å². The van der Waals surface area contributed by atoms with E-state index in [4.69, 9.17) is 0 Å². The van der Waals surface area contributed by atoms with Crippen LogP contribution >= 0.6 is 0 Å². The molecule has 1 heterocycles. The predicted octanol–water partition coefficient (Wildman–Crippen LogP) is 0.426. The van der Waals surface area contributed by atoms with Crippen LogP contribution in [-0.2, 0) is 19.6 Å². The highest BCUT2D eigenvalue weighted by Gasteiger charge is 2.37. The minimum atomic E-state index is -3.37. The zero-order chi connectivity index (χ0) is 17.0. The number of rotatable bonds is 5. The summed E-state index contributed by atoms with van der Waals surface area (Å²) < 4.78 is 24.5. The Balaban J connectivity index is 2.01. The van der Waals surface area contributed by atoms with Crippen LogP contribution in [0, 0.1) is 23.2 Å². The highest BCUT2D eigenvalue weighted by atomic mass is 32.2. The molecular weight excluding hydrogens is 318 g/mol. The number of ketones is 1. The first kappa shape index (κ1) is 17.9. The number of amides is 1. The Morgan fingerprint density at radius 1 is 1.22 bits per heavy atom.